The van der Waals surface area contributed by atoms with Gasteiger partial charge in [-0.3, -0.25) is 29.0 Å². The summed E-state index contributed by atoms with van der Waals surface area (Å²) >= 11 is 12.7. The molecule has 4 aliphatic rings. The third kappa shape index (κ3) is 15.1. The molecule has 0 unspecified atom stereocenters. The van der Waals surface area contributed by atoms with Gasteiger partial charge in [0.05, 0.1) is 108 Å². The normalized spacial score (nSPS) is 17.3. The van der Waals surface area contributed by atoms with Gasteiger partial charge >= 0.3 is 6.03 Å². The number of aliphatic imine (C=N–C) groups is 1. The van der Waals surface area contributed by atoms with Crippen LogP contribution in [-0.4, -0.2) is 176 Å². The van der Waals surface area contributed by atoms with Crippen molar-refractivity contribution < 1.29 is 52.0 Å². The van der Waals surface area contributed by atoms with Crippen molar-refractivity contribution in [3.63, 3.8) is 0 Å². The summed E-state index contributed by atoms with van der Waals surface area (Å²) in [7, 11) is 3.22. The third-order valence-electron chi connectivity index (χ3n) is 16.0. The van der Waals surface area contributed by atoms with Gasteiger partial charge < -0.3 is 59.1 Å². The summed E-state index contributed by atoms with van der Waals surface area (Å²) in [4.78, 5) is 73.9. The number of carbonyl (C=O) groups is 4. The van der Waals surface area contributed by atoms with Gasteiger partial charge in [0.15, 0.2) is 0 Å². The number of urea groups is 1. The number of nitrogens with zero attached hydrogens (tertiary/aromatic N) is 10. The molecule has 25 heteroatoms. The van der Waals surface area contributed by atoms with Crippen LogP contribution in [0.4, 0.5) is 20.7 Å². The Morgan fingerprint density at radius 3 is 2.18 bits per heavy atom. The Morgan fingerprint density at radius 1 is 0.822 bits per heavy atom. The zero-order valence-corrected chi connectivity index (χ0v) is 52.3. The molecule has 0 radical (unpaired) electrons. The van der Waals surface area contributed by atoms with Crippen LogP contribution < -0.4 is 25.4 Å². The fourth-order valence-electron chi connectivity index (χ4n) is 11.7. The molecule has 90 heavy (non-hydrogen) atoms. The number of nitrogens with one attached hydrogen (secondary N) is 1. The summed E-state index contributed by atoms with van der Waals surface area (Å²) < 4.78 is 50.9. The van der Waals surface area contributed by atoms with Gasteiger partial charge in [-0.1, -0.05) is 47.5 Å². The van der Waals surface area contributed by atoms with E-state index in [1.807, 2.05) is 55.1 Å². The summed E-state index contributed by atoms with van der Waals surface area (Å²) in [5.41, 5.74) is 12.0. The largest absolute Gasteiger partial charge is 0.497 e. The number of anilines is 2. The van der Waals surface area contributed by atoms with Crippen molar-refractivity contribution in [3.8, 4) is 28.7 Å². The van der Waals surface area contributed by atoms with Crippen molar-refractivity contribution in [1.82, 2.24) is 39.7 Å². The number of pyridine rings is 1. The fraction of sp³-hybridized carbons (Fsp3) is 0.415. The lowest BCUT2D eigenvalue weighted by Crippen LogP contribution is -2.56. The van der Waals surface area contributed by atoms with Crippen LogP contribution in [0.15, 0.2) is 102 Å². The third-order valence-corrected chi connectivity index (χ3v) is 16.5. The second kappa shape index (κ2) is 30.0. The number of piperazine rings is 1. The Morgan fingerprint density at radius 2 is 1.50 bits per heavy atom. The van der Waals surface area contributed by atoms with Crippen molar-refractivity contribution in [2.45, 2.75) is 70.4 Å². The summed E-state index contributed by atoms with van der Waals surface area (Å²) in [6.07, 6.45) is 2.96. The molecule has 0 spiro atoms. The molecule has 2 bridgehead atoms. The minimum atomic E-state index is -0.626. The molecule has 10 rings (SSSR count). The smallest absolute Gasteiger partial charge is 0.326 e. The number of nitrogen functional groups attached to an aromatic ring is 1. The number of halogens is 3. The van der Waals surface area contributed by atoms with Gasteiger partial charge in [-0.25, -0.2) is 14.2 Å². The number of nitriles is 1. The predicted molar refractivity (Wildman–Crippen MR) is 336 cm³/mol. The van der Waals surface area contributed by atoms with Crippen LogP contribution in [0.5, 0.6) is 11.5 Å². The molecule has 2 saturated heterocycles. The van der Waals surface area contributed by atoms with Crippen molar-refractivity contribution in [1.29, 1.82) is 5.26 Å². The highest BCUT2D eigenvalue weighted by Gasteiger charge is 2.46. The number of amides is 5. The van der Waals surface area contributed by atoms with Crippen LogP contribution >= 0.6 is 23.2 Å². The number of hydrogen-bond acceptors (Lipinski definition) is 16. The van der Waals surface area contributed by atoms with Gasteiger partial charge in [-0.05, 0) is 104 Å². The van der Waals surface area contributed by atoms with Gasteiger partial charge in [0.25, 0.3) is 5.91 Å². The van der Waals surface area contributed by atoms with E-state index in [1.54, 1.807) is 71.5 Å². The average molecular weight is 1270 g/mol. The maximum Gasteiger partial charge on any atom is 0.326 e. The van der Waals surface area contributed by atoms with Gasteiger partial charge in [-0.2, -0.15) is 10.4 Å². The first-order valence-corrected chi connectivity index (χ1v) is 30.8. The van der Waals surface area contributed by atoms with E-state index in [9.17, 15) is 24.0 Å². The van der Waals surface area contributed by atoms with Gasteiger partial charge in [-0.15, -0.1) is 0 Å². The van der Waals surface area contributed by atoms with Crippen molar-refractivity contribution >= 4 is 64.3 Å². The van der Waals surface area contributed by atoms with E-state index in [4.69, 9.17) is 67.4 Å². The Balaban J connectivity index is 0.629. The number of hydrogen-bond donors (Lipinski definition) is 2. The molecule has 22 nitrogen and oxygen atoms in total. The topological polar surface area (TPSA) is 245 Å². The van der Waals surface area contributed by atoms with E-state index in [1.165, 1.54) is 27.8 Å². The molecule has 4 aromatic carbocycles. The highest BCUT2D eigenvalue weighted by molar-refractivity contribution is 6.30. The van der Waals surface area contributed by atoms with E-state index in [-0.39, 0.29) is 106 Å². The molecule has 4 aliphatic heterocycles. The Kier molecular flexibility index (Phi) is 21.5. The van der Waals surface area contributed by atoms with Crippen molar-refractivity contribution in [2.24, 2.45) is 4.99 Å². The molecule has 3 atom stereocenters. The summed E-state index contributed by atoms with van der Waals surface area (Å²) in [6.45, 7) is 7.85. The van der Waals surface area contributed by atoms with E-state index < -0.39 is 17.9 Å². The number of fused-ring (bicyclic) bond motifs is 8. The molecule has 6 heterocycles. The summed E-state index contributed by atoms with van der Waals surface area (Å²) in [6, 6.07) is 26.6. The zero-order chi connectivity index (χ0) is 63.4. The number of rotatable bonds is 24. The van der Waals surface area contributed by atoms with Crippen LogP contribution in [-0.2, 0) is 41.6 Å². The molecule has 6 aromatic rings. The fourth-order valence-corrected chi connectivity index (χ4v) is 11.9. The Labute approximate surface area is 532 Å². The number of carbonyl (C=O) groups excluding carboxylic acids is 4. The Bertz CT molecular complexity index is 3620. The number of methoxy groups -OCH3 is 1. The minimum Gasteiger partial charge on any atom is -0.497 e. The lowest BCUT2D eigenvalue weighted by atomic mass is 9.93. The number of aromatic nitrogens is 3. The van der Waals surface area contributed by atoms with Crippen LogP contribution in [0.3, 0.4) is 0 Å². The molecule has 474 valence electrons. The van der Waals surface area contributed by atoms with E-state index >= 15 is 4.79 Å². The van der Waals surface area contributed by atoms with Gasteiger partial charge in [0.2, 0.25) is 11.8 Å². The lowest BCUT2D eigenvalue weighted by Gasteiger charge is -2.38. The summed E-state index contributed by atoms with van der Waals surface area (Å²) in [5.74, 6) is 0.504. The van der Waals surface area contributed by atoms with Crippen molar-refractivity contribution in [3.05, 3.63) is 152 Å². The lowest BCUT2D eigenvalue weighted by molar-refractivity contribution is -0.135. The van der Waals surface area contributed by atoms with E-state index in [2.05, 4.69) is 16.4 Å². The van der Waals surface area contributed by atoms with E-state index in [0.29, 0.717) is 126 Å². The first kappa shape index (κ1) is 64.6. The monoisotopic (exact) mass is 1270 g/mol. The van der Waals surface area contributed by atoms with E-state index in [0.717, 1.165) is 17.5 Å². The number of nitrogens with two attached hydrogens (primary N) is 1. The molecule has 3 N–H and O–H groups in total. The van der Waals surface area contributed by atoms with Crippen LogP contribution in [0, 0.1) is 17.1 Å². The van der Waals surface area contributed by atoms with Gasteiger partial charge in [0, 0.05) is 85.2 Å². The highest BCUT2D eigenvalue weighted by atomic mass is 35.5. The maximum absolute atomic E-state index is 15.1. The number of ether oxygens (including phenoxy) is 6. The van der Waals surface area contributed by atoms with Crippen molar-refractivity contribution in [2.75, 3.05) is 117 Å². The first-order chi connectivity index (χ1) is 43.6. The molecule has 2 fully saturated rings. The number of benzene rings is 4. The summed E-state index contributed by atoms with van der Waals surface area (Å²) in [5, 5.41) is 19.3. The second-order valence-electron chi connectivity index (χ2n) is 22.4. The predicted octanol–water partition coefficient (Wildman–Crippen LogP) is 8.65. The first-order valence-electron chi connectivity index (χ1n) is 30.0. The molecular weight excluding hydrogens is 1200 g/mol. The molecule has 0 saturated carbocycles. The zero-order valence-electron chi connectivity index (χ0n) is 50.7. The SMILES string of the molecule is COc1ccc(C2=N[C@@H](c3ccc(Cl)cc3)[C@@H](c3ccc(Cl)cc3)N2C(=O)N2CCN(CCOCCOCCOCCOCCC(=O)NCCn3nc4c(c3C#N)-c3cnc(N)c(c3)N3CCC[C@@H]3c3cc(F)ccc3C(=O)N(C)C4)C(=O)C2)c(OC(C)C)c1. The quantitative estimate of drug-likeness (QED) is 0.0539. The standard InChI is InChI=1S/C65H73Cl2FN12O10/c1-41(2)90-56-36-48(85-4)16-18-50(56)63-73-60(42-7-11-45(66)12-8-42)61(43-9-13-46(67)14-10-43)80(63)65(84)77-24-23-76(58(82)40-77)25-27-87-29-31-89-33-32-88-30-28-86-26-19-57(81)71-20-22-79-55(37-69)59-44-34-54(62(70)72-38-44)78-21-5-6-53(78)51-35-47(68)15-17-49(51)64(83)75(3)39-52(59)74-79/h7-18,34-36,38,41,53,60-61H,5-6,19-33,39-40H2,1-4H3,(H2,70,72)(H,71,81)/t53-,60+,61-/m1/s1. The Hall–Kier alpha value is -8.37. The molecular formula is C65H73Cl2FN12O10. The molecule has 0 aliphatic carbocycles. The maximum atomic E-state index is 15.1. The second-order valence-corrected chi connectivity index (χ2v) is 23.2. The van der Waals surface area contributed by atoms with Crippen LogP contribution in [0.25, 0.3) is 11.1 Å². The number of amidine groups is 1. The van der Waals surface area contributed by atoms with Crippen LogP contribution in [0.2, 0.25) is 10.0 Å². The van der Waals surface area contributed by atoms with Gasteiger partial charge in [0.1, 0.15) is 53.3 Å². The highest BCUT2D eigenvalue weighted by Crippen LogP contribution is 2.47. The molecule has 2 aromatic heterocycles. The van der Waals surface area contributed by atoms with Crippen LogP contribution in [0.1, 0.15) is 95.2 Å². The average Bonchev–Trinajstić information content (AvgIpc) is 1.59. The molecule has 5 amide bonds. The minimum absolute atomic E-state index is 0.0436.